The quantitative estimate of drug-likeness (QED) is 0.276. The Morgan fingerprint density at radius 3 is 2.42 bits per heavy atom. The summed E-state index contributed by atoms with van der Waals surface area (Å²) in [6.07, 6.45) is 6.83. The lowest BCUT2D eigenvalue weighted by molar-refractivity contribution is -0.109. The number of carbonyl (C=O) groups excluding carboxylic acids is 1. The first-order valence-electron chi connectivity index (χ1n) is 7.13. The fourth-order valence-electron chi connectivity index (χ4n) is 1.76. The first-order valence-corrected chi connectivity index (χ1v) is 7.13. The maximum Gasteiger partial charge on any atom is 0.228 e. The number of allylic oxidation sites excluding steroid dienone is 1. The van der Waals surface area contributed by atoms with E-state index in [0.29, 0.717) is 19.3 Å². The van der Waals surface area contributed by atoms with Crippen molar-refractivity contribution in [3.63, 3.8) is 0 Å². The standard InChI is InChI=1S/C16H26O3/c1-3-5-6-7-8-12-15(18)16(19)13-10-9-11-14(17)4-2/h4,15-16,18-19H,2-3,5-8,10,12-13H2,1H3/t15-,16-/m1/s1. The van der Waals surface area contributed by atoms with Crippen LogP contribution in [-0.4, -0.2) is 28.2 Å². The normalized spacial score (nSPS) is 13.2. The van der Waals surface area contributed by atoms with Gasteiger partial charge in [0.25, 0.3) is 0 Å². The molecule has 19 heavy (non-hydrogen) atoms. The highest BCUT2D eigenvalue weighted by Gasteiger charge is 2.14. The monoisotopic (exact) mass is 266 g/mol. The number of aliphatic hydroxyl groups excluding tert-OH is 2. The molecular weight excluding hydrogens is 240 g/mol. The van der Waals surface area contributed by atoms with Crippen LogP contribution >= 0.6 is 0 Å². The molecule has 3 nitrogen and oxygen atoms in total. The molecule has 0 unspecified atom stereocenters. The molecule has 0 aromatic carbocycles. The van der Waals surface area contributed by atoms with Crippen LogP contribution in [0.25, 0.3) is 0 Å². The molecule has 0 fully saturated rings. The first-order chi connectivity index (χ1) is 9.11. The molecule has 0 aliphatic carbocycles. The van der Waals surface area contributed by atoms with E-state index in [-0.39, 0.29) is 5.78 Å². The van der Waals surface area contributed by atoms with Gasteiger partial charge in [0.2, 0.25) is 5.78 Å². The van der Waals surface area contributed by atoms with E-state index in [9.17, 15) is 15.0 Å². The highest BCUT2D eigenvalue weighted by atomic mass is 16.3. The van der Waals surface area contributed by atoms with Crippen molar-refractivity contribution in [3.8, 4) is 11.8 Å². The third-order valence-corrected chi connectivity index (χ3v) is 3.01. The Bertz CT molecular complexity index is 312. The molecule has 0 saturated heterocycles. The summed E-state index contributed by atoms with van der Waals surface area (Å²) in [5.41, 5.74) is 0. The van der Waals surface area contributed by atoms with Crippen LogP contribution in [0.4, 0.5) is 0 Å². The van der Waals surface area contributed by atoms with Gasteiger partial charge in [-0.15, -0.1) is 0 Å². The molecule has 108 valence electrons. The second-order valence-corrected chi connectivity index (χ2v) is 4.75. The van der Waals surface area contributed by atoms with Crippen molar-refractivity contribution < 1.29 is 15.0 Å². The van der Waals surface area contributed by atoms with Crippen LogP contribution in [0.2, 0.25) is 0 Å². The van der Waals surface area contributed by atoms with Crippen LogP contribution in [-0.2, 0) is 4.79 Å². The Morgan fingerprint density at radius 1 is 1.16 bits per heavy atom. The third-order valence-electron chi connectivity index (χ3n) is 3.01. The van der Waals surface area contributed by atoms with Gasteiger partial charge in [0.05, 0.1) is 12.2 Å². The molecule has 3 heteroatoms. The van der Waals surface area contributed by atoms with E-state index in [4.69, 9.17) is 0 Å². The largest absolute Gasteiger partial charge is 0.390 e. The minimum Gasteiger partial charge on any atom is -0.390 e. The smallest absolute Gasteiger partial charge is 0.228 e. The lowest BCUT2D eigenvalue weighted by atomic mass is 10.0. The number of unbranched alkanes of at least 4 members (excludes halogenated alkanes) is 4. The molecule has 0 bridgehead atoms. The molecule has 2 N–H and O–H groups in total. The van der Waals surface area contributed by atoms with Gasteiger partial charge in [-0.3, -0.25) is 4.79 Å². The van der Waals surface area contributed by atoms with Crippen molar-refractivity contribution in [1.29, 1.82) is 0 Å². The Labute approximate surface area is 116 Å². The van der Waals surface area contributed by atoms with Crippen molar-refractivity contribution >= 4 is 5.78 Å². The van der Waals surface area contributed by atoms with E-state index in [1.165, 1.54) is 19.3 Å². The van der Waals surface area contributed by atoms with Crippen molar-refractivity contribution in [1.82, 2.24) is 0 Å². The third kappa shape index (κ3) is 10.5. The molecule has 0 radical (unpaired) electrons. The average molecular weight is 266 g/mol. The zero-order valence-corrected chi connectivity index (χ0v) is 11.9. The Morgan fingerprint density at radius 2 is 1.79 bits per heavy atom. The van der Waals surface area contributed by atoms with Gasteiger partial charge in [-0.1, -0.05) is 51.5 Å². The van der Waals surface area contributed by atoms with E-state index in [1.807, 2.05) is 0 Å². The summed E-state index contributed by atoms with van der Waals surface area (Å²) in [5, 5.41) is 19.5. The molecule has 0 spiro atoms. The van der Waals surface area contributed by atoms with Gasteiger partial charge in [-0.25, -0.2) is 0 Å². The predicted molar refractivity (Wildman–Crippen MR) is 77.6 cm³/mol. The van der Waals surface area contributed by atoms with Gasteiger partial charge < -0.3 is 10.2 Å². The van der Waals surface area contributed by atoms with Gasteiger partial charge in [0.1, 0.15) is 0 Å². The Balaban J connectivity index is 3.68. The zero-order chi connectivity index (χ0) is 14.5. The average Bonchev–Trinajstić information content (AvgIpc) is 2.42. The van der Waals surface area contributed by atoms with Crippen molar-refractivity contribution in [2.75, 3.05) is 0 Å². The fraction of sp³-hybridized carbons (Fsp3) is 0.688. The first kappa shape index (κ1) is 17.9. The highest BCUT2D eigenvalue weighted by molar-refractivity contribution is 6.03. The molecule has 0 amide bonds. The molecular formula is C16H26O3. The Kier molecular flexibility index (Phi) is 11.3. The number of ketones is 1. The summed E-state index contributed by atoms with van der Waals surface area (Å²) >= 11 is 0. The van der Waals surface area contributed by atoms with E-state index in [1.54, 1.807) is 0 Å². The van der Waals surface area contributed by atoms with Crippen LogP contribution in [0, 0.1) is 11.8 Å². The number of aliphatic hydroxyl groups is 2. The summed E-state index contributed by atoms with van der Waals surface area (Å²) in [6, 6.07) is 0. The number of rotatable bonds is 10. The van der Waals surface area contributed by atoms with Crippen LogP contribution in [0.3, 0.4) is 0 Å². The molecule has 0 saturated carbocycles. The summed E-state index contributed by atoms with van der Waals surface area (Å²) < 4.78 is 0. The second kappa shape index (κ2) is 12.0. The minimum absolute atomic E-state index is 0.314. The van der Waals surface area contributed by atoms with E-state index < -0.39 is 12.2 Å². The van der Waals surface area contributed by atoms with Gasteiger partial charge >= 0.3 is 0 Å². The zero-order valence-electron chi connectivity index (χ0n) is 11.9. The van der Waals surface area contributed by atoms with Gasteiger partial charge in [0, 0.05) is 6.42 Å². The van der Waals surface area contributed by atoms with E-state index in [2.05, 4.69) is 25.3 Å². The maximum atomic E-state index is 10.8. The minimum atomic E-state index is -0.751. The molecule has 0 aromatic heterocycles. The van der Waals surface area contributed by atoms with Gasteiger partial charge in [0.15, 0.2) is 0 Å². The molecule has 0 rings (SSSR count). The summed E-state index contributed by atoms with van der Waals surface area (Å²) in [6.45, 7) is 5.48. The molecule has 2 atom stereocenters. The SMILES string of the molecule is C=CC(=O)C#CCC[C@@H](O)[C@H](O)CCCCCCC. The van der Waals surface area contributed by atoms with E-state index >= 15 is 0 Å². The summed E-state index contributed by atoms with van der Waals surface area (Å²) in [5.74, 6) is 4.74. The highest BCUT2D eigenvalue weighted by Crippen LogP contribution is 2.11. The molecule has 0 aliphatic heterocycles. The molecule has 0 heterocycles. The second-order valence-electron chi connectivity index (χ2n) is 4.75. The maximum absolute atomic E-state index is 10.8. The van der Waals surface area contributed by atoms with Crippen LogP contribution in [0.1, 0.15) is 58.3 Å². The molecule has 0 aliphatic rings. The topological polar surface area (TPSA) is 57.5 Å². The van der Waals surface area contributed by atoms with Crippen molar-refractivity contribution in [3.05, 3.63) is 12.7 Å². The summed E-state index contributed by atoms with van der Waals surface area (Å²) in [7, 11) is 0. The van der Waals surface area contributed by atoms with Crippen molar-refractivity contribution in [2.45, 2.75) is 70.5 Å². The number of carbonyl (C=O) groups is 1. The lowest BCUT2D eigenvalue weighted by Crippen LogP contribution is -2.25. The number of hydrogen-bond donors (Lipinski definition) is 2. The van der Waals surface area contributed by atoms with Crippen LogP contribution < -0.4 is 0 Å². The van der Waals surface area contributed by atoms with Gasteiger partial charge in [-0.2, -0.15) is 0 Å². The number of hydrogen-bond acceptors (Lipinski definition) is 3. The van der Waals surface area contributed by atoms with Crippen LogP contribution in [0.5, 0.6) is 0 Å². The lowest BCUT2D eigenvalue weighted by Gasteiger charge is -2.16. The van der Waals surface area contributed by atoms with Gasteiger partial charge in [-0.05, 0) is 24.8 Å². The summed E-state index contributed by atoms with van der Waals surface area (Å²) in [4.78, 5) is 10.8. The molecule has 0 aromatic rings. The predicted octanol–water partition coefficient (Wildman–Crippen LogP) is 2.61. The van der Waals surface area contributed by atoms with Crippen LogP contribution in [0.15, 0.2) is 12.7 Å². The fourth-order valence-corrected chi connectivity index (χ4v) is 1.76. The van der Waals surface area contributed by atoms with E-state index in [0.717, 1.165) is 18.9 Å². The van der Waals surface area contributed by atoms with Crippen molar-refractivity contribution in [2.24, 2.45) is 0 Å². The Hall–Kier alpha value is -1.11.